The van der Waals surface area contributed by atoms with Crippen LogP contribution in [0.15, 0.2) is 30.3 Å². The van der Waals surface area contributed by atoms with Gasteiger partial charge < -0.3 is 10.6 Å². The quantitative estimate of drug-likeness (QED) is 0.763. The van der Waals surface area contributed by atoms with Gasteiger partial charge in [0.25, 0.3) is 0 Å². The van der Waals surface area contributed by atoms with Crippen molar-refractivity contribution in [1.29, 1.82) is 0 Å². The fraction of sp³-hybridized carbons (Fsp3) is 0.714. The van der Waals surface area contributed by atoms with Crippen LogP contribution in [0.2, 0.25) is 0 Å². The molecule has 2 fully saturated rings. The Hall–Kier alpha value is -0.900. The Kier molecular flexibility index (Phi) is 6.70. The lowest BCUT2D eigenvalue weighted by Gasteiger charge is -2.33. The zero-order chi connectivity index (χ0) is 16.8. The highest BCUT2D eigenvalue weighted by Crippen LogP contribution is 2.32. The van der Waals surface area contributed by atoms with Gasteiger partial charge in [0.15, 0.2) is 0 Å². The fourth-order valence-corrected chi connectivity index (χ4v) is 4.86. The molecule has 3 rings (SSSR count). The molecule has 4 unspecified atom stereocenters. The van der Waals surface area contributed by atoms with Gasteiger partial charge in [0.05, 0.1) is 0 Å². The van der Waals surface area contributed by atoms with Gasteiger partial charge in [-0.05, 0) is 56.8 Å². The van der Waals surface area contributed by atoms with E-state index in [1.807, 2.05) is 0 Å². The second kappa shape index (κ2) is 8.98. The van der Waals surface area contributed by atoms with E-state index in [1.54, 1.807) is 0 Å². The molecule has 1 saturated carbocycles. The van der Waals surface area contributed by atoms with Gasteiger partial charge in [0, 0.05) is 24.7 Å². The van der Waals surface area contributed by atoms with Crippen LogP contribution < -0.4 is 10.6 Å². The van der Waals surface area contributed by atoms with E-state index in [0.29, 0.717) is 12.1 Å². The fourth-order valence-electron chi connectivity index (χ4n) is 4.86. The van der Waals surface area contributed by atoms with Crippen molar-refractivity contribution < 1.29 is 0 Å². The molecule has 0 radical (unpaired) electrons. The van der Waals surface area contributed by atoms with Crippen LogP contribution in [0.1, 0.15) is 57.6 Å². The van der Waals surface area contributed by atoms with Crippen LogP contribution in [0.3, 0.4) is 0 Å². The number of nitrogens with zero attached hydrogens (tertiary/aromatic N) is 1. The number of hydrogen-bond acceptors (Lipinski definition) is 3. The second-order valence-electron chi connectivity index (χ2n) is 7.46. The minimum absolute atomic E-state index is 0.485. The van der Waals surface area contributed by atoms with Gasteiger partial charge in [-0.1, -0.05) is 50.6 Å². The maximum atomic E-state index is 3.97. The molecule has 0 aromatic heterocycles. The van der Waals surface area contributed by atoms with Gasteiger partial charge in [-0.3, -0.25) is 4.90 Å². The van der Waals surface area contributed by atoms with Crippen LogP contribution >= 0.6 is 0 Å². The van der Waals surface area contributed by atoms with E-state index in [1.165, 1.54) is 44.2 Å². The van der Waals surface area contributed by atoms with E-state index in [0.717, 1.165) is 31.6 Å². The highest BCUT2D eigenvalue weighted by molar-refractivity contribution is 5.19. The summed E-state index contributed by atoms with van der Waals surface area (Å²) in [4.78, 5) is 2.58. The first-order valence-corrected chi connectivity index (χ1v) is 10.1. The van der Waals surface area contributed by atoms with Gasteiger partial charge >= 0.3 is 0 Å². The predicted octanol–water partition coefficient (Wildman–Crippen LogP) is 3.58. The van der Waals surface area contributed by atoms with Gasteiger partial charge in [-0.2, -0.15) is 0 Å². The number of hydrogen-bond donors (Lipinski definition) is 2. The van der Waals surface area contributed by atoms with Gasteiger partial charge in [0.2, 0.25) is 0 Å². The molecule has 1 aromatic rings. The molecular weight excluding hydrogens is 294 g/mol. The smallest absolute Gasteiger partial charge is 0.0472 e. The summed E-state index contributed by atoms with van der Waals surface area (Å²) in [5.41, 5.74) is 1.45. The average Bonchev–Trinajstić information content (AvgIpc) is 3.30. The van der Waals surface area contributed by atoms with E-state index >= 15 is 0 Å². The number of likely N-dealkylation sites (N-methyl/N-ethyl adjacent to an activating group) is 1. The first-order valence-electron chi connectivity index (χ1n) is 10.1. The zero-order valence-corrected chi connectivity index (χ0v) is 15.5. The third kappa shape index (κ3) is 4.19. The SMILES string of the molecule is CCN(CC)C(CNC1CCCC1C1CCCN1)c1ccccc1. The summed E-state index contributed by atoms with van der Waals surface area (Å²) < 4.78 is 0. The highest BCUT2D eigenvalue weighted by Gasteiger charge is 2.35. The molecule has 0 bridgehead atoms. The number of benzene rings is 1. The van der Waals surface area contributed by atoms with Crippen LogP contribution in [0.25, 0.3) is 0 Å². The van der Waals surface area contributed by atoms with E-state index in [-0.39, 0.29) is 0 Å². The molecule has 2 aliphatic rings. The molecule has 134 valence electrons. The van der Waals surface area contributed by atoms with Gasteiger partial charge in [-0.15, -0.1) is 0 Å². The van der Waals surface area contributed by atoms with E-state index < -0.39 is 0 Å². The molecule has 1 aliphatic heterocycles. The van der Waals surface area contributed by atoms with Crippen LogP contribution in [-0.2, 0) is 0 Å². The summed E-state index contributed by atoms with van der Waals surface area (Å²) in [6.45, 7) is 9.06. The molecule has 0 amide bonds. The third-order valence-electron chi connectivity index (χ3n) is 6.20. The number of rotatable bonds is 8. The predicted molar refractivity (Wildman–Crippen MR) is 102 cm³/mol. The van der Waals surface area contributed by atoms with Crippen molar-refractivity contribution in [3.05, 3.63) is 35.9 Å². The first-order chi connectivity index (χ1) is 11.8. The Bertz CT molecular complexity index is 465. The van der Waals surface area contributed by atoms with Crippen molar-refractivity contribution in [2.45, 2.75) is 64.1 Å². The first kappa shape index (κ1) is 17.9. The van der Waals surface area contributed by atoms with Crippen molar-refractivity contribution in [3.8, 4) is 0 Å². The van der Waals surface area contributed by atoms with Crippen molar-refractivity contribution in [3.63, 3.8) is 0 Å². The summed E-state index contributed by atoms with van der Waals surface area (Å²) in [5.74, 6) is 0.834. The summed E-state index contributed by atoms with van der Waals surface area (Å²) in [6, 6.07) is 13.0. The molecule has 3 heteroatoms. The number of nitrogens with one attached hydrogen (secondary N) is 2. The normalized spacial score (nSPS) is 28.5. The Morgan fingerprint density at radius 2 is 1.88 bits per heavy atom. The van der Waals surface area contributed by atoms with Gasteiger partial charge in [0.1, 0.15) is 0 Å². The maximum Gasteiger partial charge on any atom is 0.0472 e. The lowest BCUT2D eigenvalue weighted by Crippen LogP contribution is -2.45. The van der Waals surface area contributed by atoms with Crippen molar-refractivity contribution in [1.82, 2.24) is 15.5 Å². The Balaban J connectivity index is 1.64. The van der Waals surface area contributed by atoms with Crippen LogP contribution in [0.4, 0.5) is 0 Å². The monoisotopic (exact) mass is 329 g/mol. The third-order valence-corrected chi connectivity index (χ3v) is 6.20. The van der Waals surface area contributed by atoms with Crippen LogP contribution in [-0.4, -0.2) is 43.2 Å². The molecule has 0 spiro atoms. The molecule has 24 heavy (non-hydrogen) atoms. The lowest BCUT2D eigenvalue weighted by molar-refractivity contribution is 0.200. The van der Waals surface area contributed by atoms with Crippen LogP contribution in [0, 0.1) is 5.92 Å². The topological polar surface area (TPSA) is 27.3 Å². The minimum atomic E-state index is 0.485. The van der Waals surface area contributed by atoms with Gasteiger partial charge in [-0.25, -0.2) is 0 Å². The van der Waals surface area contributed by atoms with E-state index in [2.05, 4.69) is 59.7 Å². The Morgan fingerprint density at radius 3 is 2.54 bits per heavy atom. The summed E-state index contributed by atoms with van der Waals surface area (Å²) >= 11 is 0. The lowest BCUT2D eigenvalue weighted by atomic mass is 9.92. The molecule has 4 atom stereocenters. The molecule has 1 aromatic carbocycles. The molecule has 3 nitrogen and oxygen atoms in total. The largest absolute Gasteiger partial charge is 0.314 e. The van der Waals surface area contributed by atoms with E-state index in [9.17, 15) is 0 Å². The van der Waals surface area contributed by atoms with E-state index in [4.69, 9.17) is 0 Å². The maximum absolute atomic E-state index is 3.97. The molecule has 1 aliphatic carbocycles. The van der Waals surface area contributed by atoms with Crippen molar-refractivity contribution in [2.24, 2.45) is 5.92 Å². The van der Waals surface area contributed by atoms with Crippen molar-refractivity contribution in [2.75, 3.05) is 26.2 Å². The molecule has 1 saturated heterocycles. The molecule has 2 N–H and O–H groups in total. The standard InChI is InChI=1S/C21H35N3/c1-3-24(4-2)21(17-10-6-5-7-11-17)16-23-20-13-8-12-18(20)19-14-9-15-22-19/h5-7,10-11,18-23H,3-4,8-9,12-16H2,1-2H3. The Morgan fingerprint density at radius 1 is 1.08 bits per heavy atom. The second-order valence-corrected chi connectivity index (χ2v) is 7.46. The summed E-state index contributed by atoms with van der Waals surface area (Å²) in [6.07, 6.45) is 6.88. The average molecular weight is 330 g/mol. The minimum Gasteiger partial charge on any atom is -0.314 e. The van der Waals surface area contributed by atoms with Crippen LogP contribution in [0.5, 0.6) is 0 Å². The molecular formula is C21H35N3. The zero-order valence-electron chi connectivity index (χ0n) is 15.5. The highest BCUT2D eigenvalue weighted by atomic mass is 15.2. The Labute approximate surface area is 148 Å². The summed E-state index contributed by atoms with van der Waals surface area (Å²) in [5, 5.41) is 7.72. The van der Waals surface area contributed by atoms with Crippen molar-refractivity contribution >= 4 is 0 Å². The molecule has 1 heterocycles. The summed E-state index contributed by atoms with van der Waals surface area (Å²) in [7, 11) is 0.